The summed E-state index contributed by atoms with van der Waals surface area (Å²) in [6.45, 7) is -0.652. The first-order chi connectivity index (χ1) is 13.9. The average Bonchev–Trinajstić information content (AvgIpc) is 3.10. The van der Waals surface area contributed by atoms with Gasteiger partial charge < -0.3 is 25.3 Å². The number of halogens is 2. The third kappa shape index (κ3) is 4.49. The van der Waals surface area contributed by atoms with Gasteiger partial charge in [-0.25, -0.2) is 8.78 Å². The molecule has 0 spiro atoms. The van der Waals surface area contributed by atoms with E-state index in [1.165, 1.54) is 18.2 Å². The van der Waals surface area contributed by atoms with Crippen molar-refractivity contribution in [3.63, 3.8) is 0 Å². The van der Waals surface area contributed by atoms with Crippen LogP contribution in [-0.4, -0.2) is 34.6 Å². The zero-order valence-corrected chi connectivity index (χ0v) is 15.0. The number of carbonyl (C=O) groups is 2. The van der Waals surface area contributed by atoms with Crippen LogP contribution in [0.5, 0.6) is 5.75 Å². The molecular weight excluding hydrogens is 388 g/mol. The fourth-order valence-corrected chi connectivity index (χ4v) is 2.65. The average molecular weight is 405 g/mol. The van der Waals surface area contributed by atoms with Crippen molar-refractivity contribution in [1.82, 2.24) is 10.3 Å². The number of hydrogen-bond donors (Lipinski definition) is 3. The van der Waals surface area contributed by atoms with Crippen molar-refractivity contribution in [3.05, 3.63) is 59.6 Å². The van der Waals surface area contributed by atoms with Crippen LogP contribution in [0.2, 0.25) is 0 Å². The van der Waals surface area contributed by atoms with Gasteiger partial charge in [-0.1, -0.05) is 6.07 Å². The lowest BCUT2D eigenvalue weighted by Gasteiger charge is -2.12. The number of furan rings is 1. The number of amides is 2. The third-order valence-electron chi connectivity index (χ3n) is 4.06. The van der Waals surface area contributed by atoms with E-state index < -0.39 is 42.2 Å². The fourth-order valence-electron chi connectivity index (χ4n) is 2.65. The number of pyridine rings is 1. The molecule has 1 atom stereocenters. The molecule has 2 heterocycles. The molecule has 4 N–H and O–H groups in total. The highest BCUT2D eigenvalue weighted by atomic mass is 19.3. The van der Waals surface area contributed by atoms with Crippen LogP contribution in [0.25, 0.3) is 11.0 Å². The Morgan fingerprint density at radius 2 is 2.07 bits per heavy atom. The second-order valence-corrected chi connectivity index (χ2v) is 6.02. The normalized spacial score (nSPS) is 12.1. The Kier molecular flexibility index (Phi) is 6.03. The van der Waals surface area contributed by atoms with Crippen LogP contribution in [-0.2, 0) is 11.4 Å². The lowest BCUT2D eigenvalue weighted by Crippen LogP contribution is -2.46. The van der Waals surface area contributed by atoms with Crippen LogP contribution in [0.15, 0.2) is 47.0 Å². The Bertz CT molecular complexity index is 1020. The van der Waals surface area contributed by atoms with Crippen LogP contribution in [0.3, 0.4) is 0 Å². The topological polar surface area (TPSA) is 128 Å². The Labute approximate surface area is 163 Å². The van der Waals surface area contributed by atoms with Gasteiger partial charge in [0.05, 0.1) is 17.9 Å². The van der Waals surface area contributed by atoms with E-state index in [-0.39, 0.29) is 17.6 Å². The van der Waals surface area contributed by atoms with Gasteiger partial charge in [0.1, 0.15) is 24.0 Å². The highest BCUT2D eigenvalue weighted by Crippen LogP contribution is 2.34. The summed E-state index contributed by atoms with van der Waals surface area (Å²) in [5.41, 5.74) is 5.30. The van der Waals surface area contributed by atoms with Crippen molar-refractivity contribution >= 4 is 22.8 Å². The number of nitrogens with zero attached hydrogens (tertiary/aromatic N) is 1. The van der Waals surface area contributed by atoms with E-state index in [0.29, 0.717) is 11.4 Å². The van der Waals surface area contributed by atoms with Gasteiger partial charge in [0.25, 0.3) is 12.3 Å². The number of carbonyl (C=O) groups excluding carboxylic acids is 2. The summed E-state index contributed by atoms with van der Waals surface area (Å²) in [6.07, 6.45) is -1.48. The maximum Gasteiger partial charge on any atom is 0.296 e. The van der Waals surface area contributed by atoms with Gasteiger partial charge in [-0.2, -0.15) is 0 Å². The minimum atomic E-state index is -3.08. The van der Waals surface area contributed by atoms with E-state index in [0.717, 1.165) is 0 Å². The Morgan fingerprint density at radius 1 is 1.28 bits per heavy atom. The molecule has 0 aliphatic heterocycles. The lowest BCUT2D eigenvalue weighted by atomic mass is 10.1. The van der Waals surface area contributed by atoms with E-state index in [1.54, 1.807) is 24.4 Å². The molecule has 29 heavy (non-hydrogen) atoms. The summed E-state index contributed by atoms with van der Waals surface area (Å²) < 4.78 is 37.6. The van der Waals surface area contributed by atoms with Crippen LogP contribution in [0.4, 0.5) is 8.78 Å². The molecule has 0 saturated carbocycles. The predicted molar refractivity (Wildman–Crippen MR) is 97.3 cm³/mol. The van der Waals surface area contributed by atoms with E-state index >= 15 is 0 Å². The molecule has 1 aromatic carbocycles. The van der Waals surface area contributed by atoms with Crippen LogP contribution >= 0.6 is 0 Å². The molecule has 0 saturated heterocycles. The maximum atomic E-state index is 13.4. The Hall–Kier alpha value is -3.53. The second kappa shape index (κ2) is 8.65. The van der Waals surface area contributed by atoms with Gasteiger partial charge in [0, 0.05) is 11.6 Å². The third-order valence-corrected chi connectivity index (χ3v) is 4.06. The smallest absolute Gasteiger partial charge is 0.296 e. The molecular formula is C19H17F2N3O5. The predicted octanol–water partition coefficient (Wildman–Crippen LogP) is 1.92. The van der Waals surface area contributed by atoms with Crippen LogP contribution in [0, 0.1) is 0 Å². The number of benzene rings is 1. The van der Waals surface area contributed by atoms with Gasteiger partial charge in [0.2, 0.25) is 5.91 Å². The maximum absolute atomic E-state index is 13.4. The highest BCUT2D eigenvalue weighted by Gasteiger charge is 2.29. The van der Waals surface area contributed by atoms with Gasteiger partial charge in [-0.05, 0) is 30.3 Å². The van der Waals surface area contributed by atoms with Crippen molar-refractivity contribution in [3.8, 4) is 5.75 Å². The SMILES string of the molecule is NC(=O)C(CO)NC(=O)c1c(C(F)F)oc2ccc(OCc3ccccn3)cc12. The first-order valence-corrected chi connectivity index (χ1v) is 8.49. The molecule has 152 valence electrons. The summed E-state index contributed by atoms with van der Waals surface area (Å²) in [4.78, 5) is 27.9. The Morgan fingerprint density at radius 3 is 2.69 bits per heavy atom. The van der Waals surface area contributed by atoms with E-state index in [9.17, 15) is 18.4 Å². The van der Waals surface area contributed by atoms with Gasteiger partial charge in [0.15, 0.2) is 5.76 Å². The number of hydrogen-bond acceptors (Lipinski definition) is 6. The minimum absolute atomic E-state index is 0.0373. The van der Waals surface area contributed by atoms with Gasteiger partial charge >= 0.3 is 0 Å². The summed E-state index contributed by atoms with van der Waals surface area (Å²) in [5, 5.41) is 11.3. The standard InChI is InChI=1S/C19H17F2N3O5/c20-17(21)16-15(19(27)24-13(8-25)18(22)26)12-7-11(4-5-14(12)29-16)28-9-10-3-1-2-6-23-10/h1-7,13,17,25H,8-9H2,(H2,22,26)(H,24,27). The summed E-state index contributed by atoms with van der Waals surface area (Å²) >= 11 is 0. The van der Waals surface area contributed by atoms with Crippen LogP contribution < -0.4 is 15.8 Å². The number of primary amides is 1. The number of ether oxygens (including phenoxy) is 1. The van der Waals surface area contributed by atoms with Crippen molar-refractivity contribution in [2.45, 2.75) is 19.1 Å². The first-order valence-electron chi connectivity index (χ1n) is 8.49. The fraction of sp³-hybridized carbons (Fsp3) is 0.211. The van der Waals surface area contributed by atoms with Crippen molar-refractivity contribution < 1.29 is 32.6 Å². The molecule has 0 radical (unpaired) electrons. The number of aromatic nitrogens is 1. The Balaban J connectivity index is 1.94. The van der Waals surface area contributed by atoms with E-state index in [2.05, 4.69) is 10.3 Å². The van der Waals surface area contributed by atoms with Crippen molar-refractivity contribution in [2.24, 2.45) is 5.73 Å². The molecule has 3 aromatic rings. The summed E-state index contributed by atoms with van der Waals surface area (Å²) in [6, 6.07) is 8.14. The molecule has 10 heteroatoms. The minimum Gasteiger partial charge on any atom is -0.487 e. The zero-order valence-electron chi connectivity index (χ0n) is 15.0. The second-order valence-electron chi connectivity index (χ2n) is 6.02. The molecule has 0 fully saturated rings. The zero-order chi connectivity index (χ0) is 21.0. The molecule has 2 amide bonds. The monoisotopic (exact) mass is 405 g/mol. The largest absolute Gasteiger partial charge is 0.487 e. The first kappa shape index (κ1) is 20.2. The van der Waals surface area contributed by atoms with Crippen molar-refractivity contribution in [2.75, 3.05) is 6.61 Å². The molecule has 0 aliphatic rings. The van der Waals surface area contributed by atoms with E-state index in [4.69, 9.17) is 20.0 Å². The number of nitrogens with one attached hydrogen (secondary N) is 1. The molecule has 8 nitrogen and oxygen atoms in total. The number of aliphatic hydroxyl groups is 1. The van der Waals surface area contributed by atoms with Crippen molar-refractivity contribution in [1.29, 1.82) is 0 Å². The number of nitrogens with two attached hydrogens (primary N) is 1. The highest BCUT2D eigenvalue weighted by molar-refractivity contribution is 6.08. The number of fused-ring (bicyclic) bond motifs is 1. The summed E-state index contributed by atoms with van der Waals surface area (Å²) in [5.74, 6) is -2.60. The number of aliphatic hydroxyl groups excluding tert-OH is 1. The molecule has 0 aliphatic carbocycles. The summed E-state index contributed by atoms with van der Waals surface area (Å²) in [7, 11) is 0. The van der Waals surface area contributed by atoms with Crippen LogP contribution in [0.1, 0.15) is 28.2 Å². The van der Waals surface area contributed by atoms with E-state index in [1.807, 2.05) is 0 Å². The molecule has 0 bridgehead atoms. The lowest BCUT2D eigenvalue weighted by molar-refractivity contribution is -0.120. The quantitative estimate of drug-likeness (QED) is 0.525. The molecule has 3 rings (SSSR count). The molecule has 1 unspecified atom stereocenters. The number of alkyl halides is 2. The molecule has 2 aromatic heterocycles. The van der Waals surface area contributed by atoms with Gasteiger partial charge in [-0.15, -0.1) is 0 Å². The number of rotatable bonds is 8. The van der Waals surface area contributed by atoms with Gasteiger partial charge in [-0.3, -0.25) is 14.6 Å².